The molecular formula is C12H11ClN4S. The van der Waals surface area contributed by atoms with Crippen LogP contribution in [0.5, 0.6) is 0 Å². The van der Waals surface area contributed by atoms with Crippen LogP contribution in [0.25, 0.3) is 0 Å². The largest absolute Gasteiger partial charge is 0.388 e. The zero-order valence-corrected chi connectivity index (χ0v) is 11.2. The summed E-state index contributed by atoms with van der Waals surface area (Å²) < 4.78 is 0. The number of hydrogen-bond acceptors (Lipinski definition) is 4. The van der Waals surface area contributed by atoms with Crippen LogP contribution in [0.4, 0.5) is 11.5 Å². The number of halogens is 1. The highest BCUT2D eigenvalue weighted by Gasteiger charge is 2.03. The summed E-state index contributed by atoms with van der Waals surface area (Å²) in [5, 5.41) is 3.85. The Balaban J connectivity index is 2.21. The zero-order chi connectivity index (χ0) is 13.1. The van der Waals surface area contributed by atoms with Crippen LogP contribution in [0.2, 0.25) is 5.02 Å². The Bertz CT molecular complexity index is 583. The molecule has 0 spiro atoms. The van der Waals surface area contributed by atoms with Crippen molar-refractivity contribution in [3.63, 3.8) is 0 Å². The first kappa shape index (κ1) is 12.7. The van der Waals surface area contributed by atoms with Crippen LogP contribution >= 0.6 is 23.8 Å². The number of hydrogen-bond donors (Lipinski definition) is 2. The smallest absolute Gasteiger partial charge is 0.148 e. The molecule has 2 aromatic rings. The van der Waals surface area contributed by atoms with Crippen LogP contribution in [0, 0.1) is 6.92 Å². The SMILES string of the molecule is Cc1cc(Cl)ccc1Nc1cnc(C(N)=S)cn1. The third kappa shape index (κ3) is 2.94. The first-order chi connectivity index (χ1) is 8.56. The molecule has 1 aromatic heterocycles. The highest BCUT2D eigenvalue weighted by Crippen LogP contribution is 2.22. The van der Waals surface area contributed by atoms with Gasteiger partial charge in [0.1, 0.15) is 16.5 Å². The Labute approximate surface area is 115 Å². The van der Waals surface area contributed by atoms with Crippen molar-refractivity contribution >= 4 is 40.3 Å². The zero-order valence-electron chi connectivity index (χ0n) is 9.64. The van der Waals surface area contributed by atoms with Crippen molar-refractivity contribution in [1.29, 1.82) is 0 Å². The Morgan fingerprint density at radius 1 is 1.33 bits per heavy atom. The van der Waals surface area contributed by atoms with E-state index in [9.17, 15) is 0 Å². The van der Waals surface area contributed by atoms with Gasteiger partial charge in [-0.3, -0.25) is 0 Å². The highest BCUT2D eigenvalue weighted by molar-refractivity contribution is 7.80. The first-order valence-electron chi connectivity index (χ1n) is 5.21. The lowest BCUT2D eigenvalue weighted by Crippen LogP contribution is -2.12. The second kappa shape index (κ2) is 5.29. The summed E-state index contributed by atoms with van der Waals surface area (Å²) in [6, 6.07) is 5.58. The summed E-state index contributed by atoms with van der Waals surface area (Å²) in [6.07, 6.45) is 3.12. The number of nitrogens with one attached hydrogen (secondary N) is 1. The third-order valence-electron chi connectivity index (χ3n) is 2.36. The molecular weight excluding hydrogens is 268 g/mol. The Morgan fingerprint density at radius 3 is 2.67 bits per heavy atom. The number of rotatable bonds is 3. The number of benzene rings is 1. The summed E-state index contributed by atoms with van der Waals surface area (Å²) in [7, 11) is 0. The normalized spacial score (nSPS) is 10.1. The van der Waals surface area contributed by atoms with Crippen LogP contribution in [0.3, 0.4) is 0 Å². The molecule has 0 aliphatic heterocycles. The van der Waals surface area contributed by atoms with E-state index in [1.807, 2.05) is 25.1 Å². The van der Waals surface area contributed by atoms with Crippen LogP contribution in [0.15, 0.2) is 30.6 Å². The molecule has 2 rings (SSSR count). The minimum atomic E-state index is 0.233. The topological polar surface area (TPSA) is 63.8 Å². The fourth-order valence-corrected chi connectivity index (χ4v) is 1.76. The predicted octanol–water partition coefficient (Wildman–Crippen LogP) is 2.82. The van der Waals surface area contributed by atoms with Gasteiger partial charge in [-0.15, -0.1) is 0 Å². The van der Waals surface area contributed by atoms with Crippen molar-refractivity contribution in [2.24, 2.45) is 5.73 Å². The quantitative estimate of drug-likeness (QED) is 0.845. The maximum atomic E-state index is 5.89. The van der Waals surface area contributed by atoms with Gasteiger partial charge in [0, 0.05) is 10.7 Å². The number of anilines is 2. The molecule has 0 fully saturated rings. The van der Waals surface area contributed by atoms with Crippen LogP contribution in [0.1, 0.15) is 11.3 Å². The number of nitrogens with zero attached hydrogens (tertiary/aromatic N) is 2. The minimum absolute atomic E-state index is 0.233. The number of nitrogens with two attached hydrogens (primary N) is 1. The Kier molecular flexibility index (Phi) is 3.74. The van der Waals surface area contributed by atoms with Crippen LogP contribution in [-0.4, -0.2) is 15.0 Å². The molecule has 0 saturated heterocycles. The fraction of sp³-hybridized carbons (Fsp3) is 0.0833. The van der Waals surface area contributed by atoms with Crippen molar-refractivity contribution in [2.45, 2.75) is 6.92 Å². The summed E-state index contributed by atoms with van der Waals surface area (Å²) >= 11 is 10.7. The van der Waals surface area contributed by atoms with Gasteiger partial charge in [0.2, 0.25) is 0 Å². The monoisotopic (exact) mass is 278 g/mol. The van der Waals surface area contributed by atoms with E-state index in [0.29, 0.717) is 16.5 Å². The molecule has 1 heterocycles. The van der Waals surface area contributed by atoms with Gasteiger partial charge in [-0.1, -0.05) is 23.8 Å². The van der Waals surface area contributed by atoms with Gasteiger partial charge >= 0.3 is 0 Å². The maximum absolute atomic E-state index is 5.89. The second-order valence-electron chi connectivity index (χ2n) is 3.74. The van der Waals surface area contributed by atoms with Crippen molar-refractivity contribution in [3.05, 3.63) is 46.9 Å². The minimum Gasteiger partial charge on any atom is -0.388 e. The van der Waals surface area contributed by atoms with Crippen molar-refractivity contribution < 1.29 is 0 Å². The second-order valence-corrected chi connectivity index (χ2v) is 4.61. The number of aromatic nitrogens is 2. The maximum Gasteiger partial charge on any atom is 0.148 e. The first-order valence-corrected chi connectivity index (χ1v) is 6.00. The molecule has 0 bridgehead atoms. The van der Waals surface area contributed by atoms with E-state index < -0.39 is 0 Å². The Hall–Kier alpha value is -1.72. The highest BCUT2D eigenvalue weighted by atomic mass is 35.5. The van der Waals surface area contributed by atoms with E-state index in [1.54, 1.807) is 6.20 Å². The summed E-state index contributed by atoms with van der Waals surface area (Å²) in [6.45, 7) is 1.96. The molecule has 0 aliphatic rings. The standard InChI is InChI=1S/C12H11ClN4S/c1-7-4-8(13)2-3-9(7)17-11-6-15-10(5-16-11)12(14)18/h2-6H,1H3,(H2,14,18)(H,16,17). The van der Waals surface area contributed by atoms with E-state index in [0.717, 1.165) is 11.3 Å². The fourth-order valence-electron chi connectivity index (χ4n) is 1.43. The van der Waals surface area contributed by atoms with Gasteiger partial charge in [-0.25, -0.2) is 9.97 Å². The molecule has 0 unspecified atom stereocenters. The summed E-state index contributed by atoms with van der Waals surface area (Å²) in [5.74, 6) is 0.625. The molecule has 4 nitrogen and oxygen atoms in total. The molecule has 92 valence electrons. The lowest BCUT2D eigenvalue weighted by molar-refractivity contribution is 1.17. The van der Waals surface area contributed by atoms with Crippen molar-refractivity contribution in [2.75, 3.05) is 5.32 Å². The molecule has 0 amide bonds. The molecule has 18 heavy (non-hydrogen) atoms. The van der Waals surface area contributed by atoms with Gasteiger partial charge in [0.05, 0.1) is 12.4 Å². The molecule has 3 N–H and O–H groups in total. The number of aryl methyl sites for hydroxylation is 1. The molecule has 0 aliphatic carbocycles. The van der Waals surface area contributed by atoms with E-state index >= 15 is 0 Å². The lowest BCUT2D eigenvalue weighted by Gasteiger charge is -2.08. The van der Waals surface area contributed by atoms with Crippen LogP contribution < -0.4 is 11.1 Å². The van der Waals surface area contributed by atoms with E-state index in [-0.39, 0.29) is 4.99 Å². The predicted molar refractivity (Wildman–Crippen MR) is 77.4 cm³/mol. The third-order valence-corrected chi connectivity index (χ3v) is 2.80. The van der Waals surface area contributed by atoms with E-state index in [2.05, 4.69) is 15.3 Å². The van der Waals surface area contributed by atoms with Gasteiger partial charge < -0.3 is 11.1 Å². The van der Waals surface area contributed by atoms with E-state index in [1.165, 1.54) is 6.20 Å². The molecule has 0 atom stereocenters. The van der Waals surface area contributed by atoms with Crippen molar-refractivity contribution in [1.82, 2.24) is 9.97 Å². The van der Waals surface area contributed by atoms with Crippen LogP contribution in [-0.2, 0) is 0 Å². The Morgan fingerprint density at radius 2 is 2.11 bits per heavy atom. The molecule has 6 heteroatoms. The summed E-state index contributed by atoms with van der Waals surface area (Å²) in [5.41, 5.74) is 7.91. The lowest BCUT2D eigenvalue weighted by atomic mass is 10.2. The average molecular weight is 279 g/mol. The average Bonchev–Trinajstić information content (AvgIpc) is 2.33. The number of thiocarbonyl (C=S) groups is 1. The van der Waals surface area contributed by atoms with Crippen molar-refractivity contribution in [3.8, 4) is 0 Å². The molecule has 0 radical (unpaired) electrons. The van der Waals surface area contributed by atoms with Gasteiger partial charge in [-0.2, -0.15) is 0 Å². The van der Waals surface area contributed by atoms with Gasteiger partial charge in [-0.05, 0) is 30.7 Å². The summed E-state index contributed by atoms with van der Waals surface area (Å²) in [4.78, 5) is 8.52. The molecule has 0 saturated carbocycles. The van der Waals surface area contributed by atoms with Gasteiger partial charge in [0.15, 0.2) is 0 Å². The van der Waals surface area contributed by atoms with E-state index in [4.69, 9.17) is 29.6 Å². The molecule has 1 aromatic carbocycles. The van der Waals surface area contributed by atoms with Gasteiger partial charge in [0.25, 0.3) is 0 Å².